The van der Waals surface area contributed by atoms with Crippen LogP contribution in [0.3, 0.4) is 0 Å². The van der Waals surface area contributed by atoms with Crippen LogP contribution in [0.25, 0.3) is 0 Å². The summed E-state index contributed by atoms with van der Waals surface area (Å²) in [6, 6.07) is 2.02. The van der Waals surface area contributed by atoms with Crippen molar-refractivity contribution in [2.24, 2.45) is 0 Å². The number of hydrogen-bond donors (Lipinski definition) is 1. The maximum absolute atomic E-state index is 14.6. The fourth-order valence-electron chi connectivity index (χ4n) is 2.25. The van der Waals surface area contributed by atoms with E-state index in [9.17, 15) is 4.39 Å². The third-order valence-corrected chi connectivity index (χ3v) is 3.89. The van der Waals surface area contributed by atoms with Crippen LogP contribution in [0.15, 0.2) is 11.4 Å². The second-order valence-electron chi connectivity index (χ2n) is 4.52. The van der Waals surface area contributed by atoms with Crippen LogP contribution in [0, 0.1) is 6.92 Å². The first-order valence-corrected chi connectivity index (χ1v) is 6.52. The van der Waals surface area contributed by atoms with Crippen molar-refractivity contribution in [3.05, 3.63) is 21.9 Å². The minimum absolute atomic E-state index is 0.128. The van der Waals surface area contributed by atoms with Crippen molar-refractivity contribution in [1.29, 1.82) is 0 Å². The third-order valence-electron chi connectivity index (χ3n) is 3.05. The molecule has 1 aromatic rings. The normalized spacial score (nSPS) is 25.3. The molecule has 0 aliphatic carbocycles. The lowest BCUT2D eigenvalue weighted by molar-refractivity contribution is 0.0474. The average molecular weight is 243 g/mol. The van der Waals surface area contributed by atoms with Crippen molar-refractivity contribution >= 4 is 11.3 Å². The molecule has 0 spiro atoms. The van der Waals surface area contributed by atoms with Gasteiger partial charge < -0.3 is 10.1 Å². The molecule has 2 heterocycles. The minimum Gasteiger partial charge on any atom is -0.379 e. The zero-order chi connectivity index (χ0) is 11.6. The van der Waals surface area contributed by atoms with E-state index in [4.69, 9.17) is 4.74 Å². The molecule has 0 aromatic carbocycles. The Kier molecular flexibility index (Phi) is 3.62. The van der Waals surface area contributed by atoms with Crippen LogP contribution in [0.4, 0.5) is 4.39 Å². The maximum atomic E-state index is 14.6. The number of thiophene rings is 1. The molecule has 0 saturated carbocycles. The van der Waals surface area contributed by atoms with Gasteiger partial charge in [-0.2, -0.15) is 0 Å². The van der Waals surface area contributed by atoms with Gasteiger partial charge in [0.05, 0.1) is 13.2 Å². The van der Waals surface area contributed by atoms with Crippen molar-refractivity contribution in [3.63, 3.8) is 0 Å². The molecular formula is C12H18FNOS. The number of ether oxygens (including phenoxy) is 1. The first-order valence-electron chi connectivity index (χ1n) is 5.64. The zero-order valence-electron chi connectivity index (χ0n) is 9.75. The molecule has 1 aliphatic rings. The number of rotatable bonds is 3. The largest absolute Gasteiger partial charge is 0.379 e. The number of halogens is 1. The Bertz CT molecular complexity index is 345. The molecule has 0 radical (unpaired) electrons. The molecular weight excluding hydrogens is 225 g/mol. The van der Waals surface area contributed by atoms with Gasteiger partial charge in [-0.3, -0.25) is 0 Å². The van der Waals surface area contributed by atoms with Gasteiger partial charge in [0, 0.05) is 29.4 Å². The SMILES string of the molecule is Cc1sccc1C(C)(F)CC1COCCN1. The van der Waals surface area contributed by atoms with E-state index in [0.29, 0.717) is 13.0 Å². The van der Waals surface area contributed by atoms with E-state index in [-0.39, 0.29) is 6.04 Å². The van der Waals surface area contributed by atoms with Gasteiger partial charge in [-0.1, -0.05) is 0 Å². The van der Waals surface area contributed by atoms with E-state index >= 15 is 0 Å². The van der Waals surface area contributed by atoms with Crippen LogP contribution in [-0.2, 0) is 10.4 Å². The molecule has 4 heteroatoms. The van der Waals surface area contributed by atoms with E-state index < -0.39 is 5.67 Å². The minimum atomic E-state index is -1.26. The number of morpholine rings is 1. The Morgan fingerprint density at radius 1 is 1.69 bits per heavy atom. The molecule has 0 bridgehead atoms. The van der Waals surface area contributed by atoms with Crippen molar-refractivity contribution in [2.75, 3.05) is 19.8 Å². The highest BCUT2D eigenvalue weighted by atomic mass is 32.1. The van der Waals surface area contributed by atoms with Crippen LogP contribution in [0.5, 0.6) is 0 Å². The molecule has 1 aromatic heterocycles. The van der Waals surface area contributed by atoms with Gasteiger partial charge in [0.1, 0.15) is 5.67 Å². The van der Waals surface area contributed by atoms with E-state index in [1.54, 1.807) is 18.3 Å². The van der Waals surface area contributed by atoms with E-state index in [0.717, 1.165) is 23.6 Å². The smallest absolute Gasteiger partial charge is 0.135 e. The van der Waals surface area contributed by atoms with Gasteiger partial charge in [0.15, 0.2) is 0 Å². The van der Waals surface area contributed by atoms with Crippen molar-refractivity contribution in [1.82, 2.24) is 5.32 Å². The highest BCUT2D eigenvalue weighted by Gasteiger charge is 2.32. The van der Waals surface area contributed by atoms with E-state index in [1.807, 2.05) is 18.4 Å². The van der Waals surface area contributed by atoms with Gasteiger partial charge >= 0.3 is 0 Å². The number of nitrogens with one attached hydrogen (secondary N) is 1. The molecule has 0 amide bonds. The zero-order valence-corrected chi connectivity index (χ0v) is 10.6. The summed E-state index contributed by atoms with van der Waals surface area (Å²) < 4.78 is 20.0. The van der Waals surface area contributed by atoms with Crippen LogP contribution >= 0.6 is 11.3 Å². The molecule has 2 nitrogen and oxygen atoms in total. The third kappa shape index (κ3) is 2.62. The second kappa shape index (κ2) is 4.82. The fourth-order valence-corrected chi connectivity index (χ4v) is 3.07. The van der Waals surface area contributed by atoms with E-state index in [1.165, 1.54) is 0 Å². The maximum Gasteiger partial charge on any atom is 0.135 e. The Morgan fingerprint density at radius 3 is 3.06 bits per heavy atom. The highest BCUT2D eigenvalue weighted by Crippen LogP contribution is 2.35. The predicted molar refractivity (Wildman–Crippen MR) is 64.7 cm³/mol. The van der Waals surface area contributed by atoms with E-state index in [2.05, 4.69) is 5.32 Å². The van der Waals surface area contributed by atoms with Gasteiger partial charge in [0.2, 0.25) is 0 Å². The second-order valence-corrected chi connectivity index (χ2v) is 5.64. The molecule has 1 N–H and O–H groups in total. The number of aryl methyl sites for hydroxylation is 1. The summed E-state index contributed by atoms with van der Waals surface area (Å²) in [6.45, 7) is 5.81. The first-order chi connectivity index (χ1) is 7.59. The molecule has 2 atom stereocenters. The Hall–Kier alpha value is -0.450. The monoisotopic (exact) mass is 243 g/mol. The van der Waals surface area contributed by atoms with Gasteiger partial charge in [0.25, 0.3) is 0 Å². The Labute approximate surface area is 99.8 Å². The summed E-state index contributed by atoms with van der Waals surface area (Å²) in [6.07, 6.45) is 0.477. The fraction of sp³-hybridized carbons (Fsp3) is 0.667. The lowest BCUT2D eigenvalue weighted by atomic mass is 9.91. The van der Waals surface area contributed by atoms with Crippen molar-refractivity contribution < 1.29 is 9.13 Å². The van der Waals surface area contributed by atoms with Gasteiger partial charge in [-0.15, -0.1) is 11.3 Å². The summed E-state index contributed by atoms with van der Waals surface area (Å²) in [7, 11) is 0. The molecule has 1 saturated heterocycles. The molecule has 2 rings (SSSR count). The van der Waals surface area contributed by atoms with Crippen LogP contribution in [-0.4, -0.2) is 25.8 Å². The summed E-state index contributed by atoms with van der Waals surface area (Å²) >= 11 is 1.60. The predicted octanol–water partition coefficient (Wildman–Crippen LogP) is 2.62. The molecule has 16 heavy (non-hydrogen) atoms. The Morgan fingerprint density at radius 2 is 2.50 bits per heavy atom. The Balaban J connectivity index is 2.04. The lowest BCUT2D eigenvalue weighted by Crippen LogP contribution is -2.44. The number of alkyl halides is 1. The highest BCUT2D eigenvalue weighted by molar-refractivity contribution is 7.10. The standard InChI is InChI=1S/C12H18FNOS/c1-9-11(3-6-16-9)12(2,13)7-10-8-15-5-4-14-10/h3,6,10,14H,4-5,7-8H2,1-2H3. The van der Waals surface area contributed by atoms with Crippen LogP contribution < -0.4 is 5.32 Å². The molecule has 2 unspecified atom stereocenters. The topological polar surface area (TPSA) is 21.3 Å². The quantitative estimate of drug-likeness (QED) is 0.881. The summed E-state index contributed by atoms with van der Waals surface area (Å²) in [5.41, 5.74) is -0.438. The first kappa shape index (κ1) is 12.0. The summed E-state index contributed by atoms with van der Waals surface area (Å²) in [4.78, 5) is 1.07. The molecule has 1 aliphatic heterocycles. The summed E-state index contributed by atoms with van der Waals surface area (Å²) in [5.74, 6) is 0. The van der Waals surface area contributed by atoms with Crippen molar-refractivity contribution in [3.8, 4) is 0 Å². The summed E-state index contributed by atoms with van der Waals surface area (Å²) in [5, 5.41) is 5.25. The molecule has 1 fully saturated rings. The lowest BCUT2D eigenvalue weighted by Gasteiger charge is -2.30. The van der Waals surface area contributed by atoms with Crippen LogP contribution in [0.2, 0.25) is 0 Å². The van der Waals surface area contributed by atoms with Crippen LogP contribution in [0.1, 0.15) is 23.8 Å². The average Bonchev–Trinajstić information content (AvgIpc) is 2.66. The van der Waals surface area contributed by atoms with Gasteiger partial charge in [-0.25, -0.2) is 4.39 Å². The van der Waals surface area contributed by atoms with Gasteiger partial charge in [-0.05, 0) is 25.3 Å². The molecule has 90 valence electrons. The van der Waals surface area contributed by atoms with Crippen molar-refractivity contribution in [2.45, 2.75) is 32.0 Å². The number of hydrogen-bond acceptors (Lipinski definition) is 3.